The van der Waals surface area contributed by atoms with E-state index in [0.29, 0.717) is 11.4 Å². The average molecular weight is 307 g/mol. The number of ether oxygens (including phenoxy) is 1. The molecule has 2 rings (SSSR count). The van der Waals surface area contributed by atoms with Crippen molar-refractivity contribution in [2.24, 2.45) is 0 Å². The van der Waals surface area contributed by atoms with E-state index in [2.05, 4.69) is 5.32 Å². The van der Waals surface area contributed by atoms with Crippen LogP contribution in [0.25, 0.3) is 0 Å². The second-order valence-corrected chi connectivity index (χ2v) is 4.48. The SMILES string of the molecule is COc1ccc(NC(=O)c2cccc(Cl)c2[N+](=O)[O-])cc1. The summed E-state index contributed by atoms with van der Waals surface area (Å²) in [7, 11) is 1.53. The minimum Gasteiger partial charge on any atom is -0.497 e. The number of hydrogen-bond donors (Lipinski definition) is 1. The second kappa shape index (κ2) is 6.23. The Morgan fingerprint density at radius 1 is 1.24 bits per heavy atom. The number of methoxy groups -OCH3 is 1. The highest BCUT2D eigenvalue weighted by atomic mass is 35.5. The summed E-state index contributed by atoms with van der Waals surface area (Å²) in [6, 6.07) is 10.8. The fourth-order valence-electron chi connectivity index (χ4n) is 1.76. The van der Waals surface area contributed by atoms with Gasteiger partial charge in [0.2, 0.25) is 0 Å². The Labute approximate surface area is 125 Å². The van der Waals surface area contributed by atoms with Crippen molar-refractivity contribution in [2.45, 2.75) is 0 Å². The van der Waals surface area contributed by atoms with Gasteiger partial charge in [0.05, 0.1) is 12.0 Å². The van der Waals surface area contributed by atoms with Crippen LogP contribution in [0.1, 0.15) is 10.4 Å². The normalized spacial score (nSPS) is 10.0. The van der Waals surface area contributed by atoms with Crippen molar-refractivity contribution < 1.29 is 14.5 Å². The number of benzene rings is 2. The smallest absolute Gasteiger partial charge is 0.300 e. The predicted molar refractivity (Wildman–Crippen MR) is 79.1 cm³/mol. The third-order valence-corrected chi connectivity index (χ3v) is 3.07. The van der Waals surface area contributed by atoms with Crippen LogP contribution in [0, 0.1) is 10.1 Å². The molecule has 0 aliphatic heterocycles. The van der Waals surface area contributed by atoms with Crippen molar-refractivity contribution in [1.82, 2.24) is 0 Å². The molecule has 2 aromatic carbocycles. The molecule has 1 N–H and O–H groups in total. The first kappa shape index (κ1) is 14.8. The molecular weight excluding hydrogens is 296 g/mol. The molecule has 21 heavy (non-hydrogen) atoms. The lowest BCUT2D eigenvalue weighted by atomic mass is 10.1. The maximum atomic E-state index is 12.1. The van der Waals surface area contributed by atoms with E-state index in [1.807, 2.05) is 0 Å². The Morgan fingerprint density at radius 2 is 1.90 bits per heavy atom. The van der Waals surface area contributed by atoms with E-state index in [4.69, 9.17) is 16.3 Å². The highest BCUT2D eigenvalue weighted by Gasteiger charge is 2.23. The Hall–Kier alpha value is -2.60. The molecule has 0 heterocycles. The fourth-order valence-corrected chi connectivity index (χ4v) is 2.00. The Balaban J connectivity index is 2.28. The zero-order valence-corrected chi connectivity index (χ0v) is 11.8. The maximum absolute atomic E-state index is 12.1. The molecule has 0 atom stereocenters. The molecule has 0 bridgehead atoms. The van der Waals surface area contributed by atoms with Crippen LogP contribution in [0.2, 0.25) is 5.02 Å². The average Bonchev–Trinajstić information content (AvgIpc) is 2.47. The molecule has 0 radical (unpaired) electrons. The molecule has 6 nitrogen and oxygen atoms in total. The minimum atomic E-state index is -0.675. The summed E-state index contributed by atoms with van der Waals surface area (Å²) in [6.07, 6.45) is 0. The number of anilines is 1. The van der Waals surface area contributed by atoms with Gasteiger partial charge < -0.3 is 10.1 Å². The number of nitro benzene ring substituents is 1. The summed E-state index contributed by atoms with van der Waals surface area (Å²) in [4.78, 5) is 22.5. The van der Waals surface area contributed by atoms with Crippen LogP contribution < -0.4 is 10.1 Å². The van der Waals surface area contributed by atoms with Crippen molar-refractivity contribution in [2.75, 3.05) is 12.4 Å². The van der Waals surface area contributed by atoms with Crippen LogP contribution in [0.4, 0.5) is 11.4 Å². The van der Waals surface area contributed by atoms with Gasteiger partial charge in [-0.1, -0.05) is 17.7 Å². The van der Waals surface area contributed by atoms with Gasteiger partial charge in [-0.3, -0.25) is 14.9 Å². The monoisotopic (exact) mass is 306 g/mol. The number of para-hydroxylation sites is 1. The number of nitro groups is 1. The zero-order valence-electron chi connectivity index (χ0n) is 11.0. The summed E-state index contributed by atoms with van der Waals surface area (Å²) < 4.78 is 5.01. The Bertz CT molecular complexity index is 686. The van der Waals surface area contributed by atoms with E-state index in [9.17, 15) is 14.9 Å². The Kier molecular flexibility index (Phi) is 4.39. The number of amides is 1. The van der Waals surface area contributed by atoms with Crippen molar-refractivity contribution in [3.05, 3.63) is 63.2 Å². The van der Waals surface area contributed by atoms with E-state index in [1.165, 1.54) is 25.3 Å². The van der Waals surface area contributed by atoms with Crippen LogP contribution in [0.15, 0.2) is 42.5 Å². The van der Waals surface area contributed by atoms with Gasteiger partial charge in [0, 0.05) is 5.69 Å². The number of nitrogens with zero attached hydrogens (tertiary/aromatic N) is 1. The van der Waals surface area contributed by atoms with Crippen LogP contribution in [-0.2, 0) is 0 Å². The topological polar surface area (TPSA) is 81.5 Å². The number of rotatable bonds is 4. The highest BCUT2D eigenvalue weighted by Crippen LogP contribution is 2.28. The molecule has 7 heteroatoms. The van der Waals surface area contributed by atoms with E-state index in [0.717, 1.165) is 0 Å². The van der Waals surface area contributed by atoms with Gasteiger partial charge in [-0.05, 0) is 36.4 Å². The molecule has 2 aromatic rings. The van der Waals surface area contributed by atoms with Crippen molar-refractivity contribution >= 4 is 28.9 Å². The second-order valence-electron chi connectivity index (χ2n) is 4.08. The summed E-state index contributed by atoms with van der Waals surface area (Å²) in [6.45, 7) is 0. The molecule has 0 saturated heterocycles. The molecule has 1 amide bonds. The van der Waals surface area contributed by atoms with Gasteiger partial charge in [-0.25, -0.2) is 0 Å². The molecule has 0 spiro atoms. The lowest BCUT2D eigenvalue weighted by Gasteiger charge is -2.07. The number of carbonyl (C=O) groups excluding carboxylic acids is 1. The minimum absolute atomic E-state index is 0.0811. The Morgan fingerprint density at radius 3 is 2.48 bits per heavy atom. The quantitative estimate of drug-likeness (QED) is 0.692. The first-order chi connectivity index (χ1) is 10.0. The molecule has 0 aliphatic carbocycles. The number of hydrogen-bond acceptors (Lipinski definition) is 4. The first-order valence-electron chi connectivity index (χ1n) is 5.91. The van der Waals surface area contributed by atoms with Gasteiger partial charge in [-0.2, -0.15) is 0 Å². The predicted octanol–water partition coefficient (Wildman–Crippen LogP) is 3.51. The molecular formula is C14H11ClN2O4. The van der Waals surface area contributed by atoms with Crippen LogP contribution in [-0.4, -0.2) is 17.9 Å². The highest BCUT2D eigenvalue weighted by molar-refractivity contribution is 6.33. The van der Waals surface area contributed by atoms with Crippen LogP contribution in [0.3, 0.4) is 0 Å². The van der Waals surface area contributed by atoms with Gasteiger partial charge in [0.15, 0.2) is 0 Å². The summed E-state index contributed by atoms with van der Waals surface area (Å²) in [5, 5.41) is 13.5. The van der Waals surface area contributed by atoms with Gasteiger partial charge in [0.1, 0.15) is 16.3 Å². The van der Waals surface area contributed by atoms with E-state index in [1.54, 1.807) is 24.3 Å². The number of carbonyl (C=O) groups is 1. The number of halogens is 1. The standard InChI is InChI=1S/C14H11ClN2O4/c1-21-10-7-5-9(6-8-10)16-14(18)11-3-2-4-12(15)13(11)17(19)20/h2-8H,1H3,(H,16,18). The van der Waals surface area contributed by atoms with Gasteiger partial charge >= 0.3 is 5.69 Å². The maximum Gasteiger partial charge on any atom is 0.300 e. The molecule has 0 aromatic heterocycles. The lowest BCUT2D eigenvalue weighted by molar-refractivity contribution is -0.385. The largest absolute Gasteiger partial charge is 0.497 e. The summed E-state index contributed by atoms with van der Waals surface area (Å²) >= 11 is 5.77. The van der Waals surface area contributed by atoms with Crippen LogP contribution in [0.5, 0.6) is 5.75 Å². The van der Waals surface area contributed by atoms with E-state index in [-0.39, 0.29) is 10.6 Å². The third-order valence-electron chi connectivity index (χ3n) is 2.76. The number of nitrogens with one attached hydrogen (secondary N) is 1. The fraction of sp³-hybridized carbons (Fsp3) is 0.0714. The molecule has 0 unspecified atom stereocenters. The van der Waals surface area contributed by atoms with Crippen molar-refractivity contribution in [1.29, 1.82) is 0 Å². The van der Waals surface area contributed by atoms with Crippen LogP contribution >= 0.6 is 11.6 Å². The third kappa shape index (κ3) is 3.29. The lowest BCUT2D eigenvalue weighted by Crippen LogP contribution is -2.14. The summed E-state index contributed by atoms with van der Waals surface area (Å²) in [5.74, 6) is 0.0381. The zero-order chi connectivity index (χ0) is 15.4. The molecule has 0 fully saturated rings. The van der Waals surface area contributed by atoms with Crippen molar-refractivity contribution in [3.8, 4) is 5.75 Å². The summed E-state index contributed by atoms with van der Waals surface area (Å²) in [5.41, 5.74) is -0.0106. The van der Waals surface area contributed by atoms with E-state index >= 15 is 0 Å². The van der Waals surface area contributed by atoms with Gasteiger partial charge in [0.25, 0.3) is 5.91 Å². The van der Waals surface area contributed by atoms with Gasteiger partial charge in [-0.15, -0.1) is 0 Å². The van der Waals surface area contributed by atoms with Crippen molar-refractivity contribution in [3.63, 3.8) is 0 Å². The molecule has 0 saturated carbocycles. The molecule has 0 aliphatic rings. The first-order valence-corrected chi connectivity index (χ1v) is 6.29. The molecule has 108 valence electrons. The van der Waals surface area contributed by atoms with E-state index < -0.39 is 16.5 Å².